The summed E-state index contributed by atoms with van der Waals surface area (Å²) in [6.07, 6.45) is -8.35. The lowest BCUT2D eigenvalue weighted by molar-refractivity contribution is -0.336. The molecule has 2 fully saturated rings. The van der Waals surface area contributed by atoms with Crippen LogP contribution in [0.2, 0.25) is 0 Å². The highest BCUT2D eigenvalue weighted by Gasteiger charge is 2.53. The minimum Gasteiger partial charge on any atom is -0.504 e. The number of hydrogen-bond acceptors (Lipinski definition) is 15. The molecule has 0 unspecified atom stereocenters. The predicted octanol–water partition coefficient (Wildman–Crippen LogP) is -1.40. The number of carbonyl (C=O) groups is 1. The topological polar surface area (TPSA) is 245 Å². The molecule has 43 heavy (non-hydrogen) atoms. The molecule has 4 rings (SSSR count). The van der Waals surface area contributed by atoms with E-state index in [2.05, 4.69) is 0 Å². The normalized spacial score (nSPS) is 31.0. The fourth-order valence-corrected chi connectivity index (χ4v) is 4.42. The Kier molecular flexibility index (Phi) is 10.4. The Morgan fingerprint density at radius 3 is 2.30 bits per heavy atom. The molecular formula is C28H34O15. The molecule has 236 valence electrons. The average molecular weight is 611 g/mol. The average Bonchev–Trinajstić information content (AvgIpc) is 3.27. The van der Waals surface area contributed by atoms with Crippen molar-refractivity contribution in [3.63, 3.8) is 0 Å². The Hall–Kier alpha value is -3.51. The lowest BCUT2D eigenvalue weighted by atomic mass is 9.98. The van der Waals surface area contributed by atoms with E-state index >= 15 is 0 Å². The molecule has 0 amide bonds. The van der Waals surface area contributed by atoms with Gasteiger partial charge in [-0.15, -0.1) is 0 Å². The van der Waals surface area contributed by atoms with Gasteiger partial charge in [0.25, 0.3) is 0 Å². The van der Waals surface area contributed by atoms with Gasteiger partial charge in [0.2, 0.25) is 0 Å². The van der Waals surface area contributed by atoms with Gasteiger partial charge in [-0.3, -0.25) is 0 Å². The highest BCUT2D eigenvalue weighted by atomic mass is 16.8. The number of phenols is 4. The maximum absolute atomic E-state index is 12.3. The van der Waals surface area contributed by atoms with E-state index < -0.39 is 74.5 Å². The fraction of sp³-hybridized carbons (Fsp3) is 0.464. The van der Waals surface area contributed by atoms with Gasteiger partial charge in [-0.2, -0.15) is 0 Å². The van der Waals surface area contributed by atoms with Gasteiger partial charge in [0, 0.05) is 6.08 Å². The molecule has 2 aliphatic heterocycles. The van der Waals surface area contributed by atoms with Gasteiger partial charge in [0.05, 0.1) is 19.8 Å². The third kappa shape index (κ3) is 7.72. The number of benzene rings is 2. The van der Waals surface area contributed by atoms with Gasteiger partial charge in [-0.05, 0) is 47.9 Å². The van der Waals surface area contributed by atoms with E-state index in [4.69, 9.17) is 23.7 Å². The van der Waals surface area contributed by atoms with Gasteiger partial charge in [0.15, 0.2) is 35.6 Å². The van der Waals surface area contributed by atoms with E-state index in [0.717, 1.165) is 6.08 Å². The molecule has 15 heteroatoms. The zero-order valence-corrected chi connectivity index (χ0v) is 22.7. The van der Waals surface area contributed by atoms with Crippen molar-refractivity contribution in [3.05, 3.63) is 53.6 Å². The third-order valence-corrected chi connectivity index (χ3v) is 7.03. The summed E-state index contributed by atoms with van der Waals surface area (Å²) in [7, 11) is 0. The molecule has 0 radical (unpaired) electrons. The number of aliphatic hydroxyl groups is 5. The second-order valence-corrected chi connectivity index (χ2v) is 10.2. The molecule has 0 spiro atoms. The van der Waals surface area contributed by atoms with Crippen LogP contribution in [0.15, 0.2) is 42.5 Å². The first-order chi connectivity index (χ1) is 20.4. The molecule has 0 aliphatic carbocycles. The van der Waals surface area contributed by atoms with Crippen molar-refractivity contribution in [1.82, 2.24) is 0 Å². The third-order valence-electron chi connectivity index (χ3n) is 7.03. The number of rotatable bonds is 11. The standard InChI is InChI=1S/C28H34O15/c29-12-28(38)13-41-27(25(28)37)43-24-23(36)22(35)20(11-40-21(34)6-3-14-1-4-16(30)18(32)9-14)42-26(24)39-8-7-15-2-5-17(31)19(33)10-15/h1-6,9-10,20,22-27,29-33,35-38H,7-8,11-13H2/t20-,22-,23+,24-,25+,26-,27+,28-/m0/s1. The summed E-state index contributed by atoms with van der Waals surface area (Å²) in [4.78, 5) is 12.3. The van der Waals surface area contributed by atoms with E-state index in [-0.39, 0.29) is 36.0 Å². The van der Waals surface area contributed by atoms with E-state index in [9.17, 15) is 50.8 Å². The summed E-state index contributed by atoms with van der Waals surface area (Å²) in [5.74, 6) is -2.22. The molecule has 2 aromatic carbocycles. The molecule has 2 saturated heterocycles. The van der Waals surface area contributed by atoms with Crippen molar-refractivity contribution in [2.45, 2.75) is 55.1 Å². The van der Waals surface area contributed by atoms with E-state index in [1.807, 2.05) is 0 Å². The lowest BCUT2D eigenvalue weighted by Gasteiger charge is -2.43. The summed E-state index contributed by atoms with van der Waals surface area (Å²) < 4.78 is 27.6. The number of ether oxygens (including phenoxy) is 5. The van der Waals surface area contributed by atoms with Gasteiger partial charge >= 0.3 is 5.97 Å². The number of phenolic OH excluding ortho intramolecular Hbond substituents is 4. The van der Waals surface area contributed by atoms with E-state index in [1.165, 1.54) is 36.4 Å². The van der Waals surface area contributed by atoms with Crippen LogP contribution in [-0.4, -0.2) is 127 Å². The van der Waals surface area contributed by atoms with Crippen LogP contribution >= 0.6 is 0 Å². The van der Waals surface area contributed by atoms with Crippen LogP contribution in [0.5, 0.6) is 23.0 Å². The number of carbonyl (C=O) groups excluding carboxylic acids is 1. The van der Waals surface area contributed by atoms with Crippen molar-refractivity contribution >= 4 is 12.0 Å². The summed E-state index contributed by atoms with van der Waals surface area (Å²) in [6.45, 7) is -1.93. The first-order valence-corrected chi connectivity index (χ1v) is 13.2. The summed E-state index contributed by atoms with van der Waals surface area (Å²) in [5, 5.41) is 89.9. The maximum Gasteiger partial charge on any atom is 0.330 e. The highest BCUT2D eigenvalue weighted by Crippen LogP contribution is 2.32. The van der Waals surface area contributed by atoms with Crippen molar-refractivity contribution in [1.29, 1.82) is 0 Å². The van der Waals surface area contributed by atoms with E-state index in [1.54, 1.807) is 6.07 Å². The first kappa shape index (κ1) is 32.4. The predicted molar refractivity (Wildman–Crippen MR) is 143 cm³/mol. The number of aliphatic hydroxyl groups excluding tert-OH is 4. The van der Waals surface area contributed by atoms with Crippen LogP contribution in [0, 0.1) is 0 Å². The number of aromatic hydroxyl groups is 4. The van der Waals surface area contributed by atoms with Crippen molar-refractivity contribution in [2.24, 2.45) is 0 Å². The monoisotopic (exact) mass is 610 g/mol. The number of esters is 1. The Bertz CT molecular complexity index is 1280. The van der Waals surface area contributed by atoms with Crippen molar-refractivity contribution < 1.29 is 74.4 Å². The Balaban J connectivity index is 1.42. The fourth-order valence-electron chi connectivity index (χ4n) is 4.42. The van der Waals surface area contributed by atoms with Gasteiger partial charge in [-0.1, -0.05) is 12.1 Å². The Morgan fingerprint density at radius 2 is 1.65 bits per heavy atom. The molecule has 0 saturated carbocycles. The molecule has 9 N–H and O–H groups in total. The first-order valence-electron chi connectivity index (χ1n) is 13.2. The number of hydrogen-bond donors (Lipinski definition) is 9. The Morgan fingerprint density at radius 1 is 0.953 bits per heavy atom. The minimum atomic E-state index is -2.02. The smallest absolute Gasteiger partial charge is 0.330 e. The summed E-state index contributed by atoms with van der Waals surface area (Å²) >= 11 is 0. The zero-order chi connectivity index (χ0) is 31.3. The summed E-state index contributed by atoms with van der Waals surface area (Å²) in [6, 6.07) is 8.05. The van der Waals surface area contributed by atoms with Gasteiger partial charge in [0.1, 0.15) is 42.7 Å². The molecule has 2 aromatic rings. The van der Waals surface area contributed by atoms with Crippen molar-refractivity contribution in [2.75, 3.05) is 26.4 Å². The Labute approximate surface area is 245 Å². The van der Waals surface area contributed by atoms with Crippen LogP contribution in [0.25, 0.3) is 6.08 Å². The minimum absolute atomic E-state index is 0.0824. The van der Waals surface area contributed by atoms with E-state index in [0.29, 0.717) is 11.1 Å². The SMILES string of the molecule is O=C(C=Cc1ccc(O)c(O)c1)OC[C@@H]1O[C@H](OCCc2ccc(O)c(O)c2)[C@@H](O[C@H]2OC[C@@](O)(CO)[C@@H]2O)[C@H](O)[C@H]1O. The molecule has 0 aromatic heterocycles. The van der Waals surface area contributed by atoms with Gasteiger partial charge in [-0.25, -0.2) is 4.79 Å². The van der Waals surface area contributed by atoms with Crippen LogP contribution in [0.1, 0.15) is 11.1 Å². The molecule has 15 nitrogen and oxygen atoms in total. The van der Waals surface area contributed by atoms with Crippen molar-refractivity contribution in [3.8, 4) is 23.0 Å². The van der Waals surface area contributed by atoms with Gasteiger partial charge < -0.3 is 69.6 Å². The highest BCUT2D eigenvalue weighted by molar-refractivity contribution is 5.87. The quantitative estimate of drug-likeness (QED) is 0.0806. The van der Waals surface area contributed by atoms with Crippen LogP contribution in [0.4, 0.5) is 0 Å². The molecule has 2 aliphatic rings. The molecule has 8 atom stereocenters. The lowest BCUT2D eigenvalue weighted by Crippen LogP contribution is -2.61. The molecule has 2 heterocycles. The zero-order valence-electron chi connectivity index (χ0n) is 22.7. The molecular weight excluding hydrogens is 576 g/mol. The summed E-state index contributed by atoms with van der Waals surface area (Å²) in [5.41, 5.74) is -1.06. The van der Waals surface area contributed by atoms with Crippen LogP contribution < -0.4 is 0 Å². The second-order valence-electron chi connectivity index (χ2n) is 10.2. The largest absolute Gasteiger partial charge is 0.504 e. The second kappa shape index (κ2) is 13.9. The molecule has 0 bridgehead atoms. The maximum atomic E-state index is 12.3. The van der Waals surface area contributed by atoms with Crippen LogP contribution in [0.3, 0.4) is 0 Å². The van der Waals surface area contributed by atoms with Crippen LogP contribution in [-0.2, 0) is 34.9 Å².